The van der Waals surface area contributed by atoms with Crippen LogP contribution in [0, 0.1) is 6.92 Å². The summed E-state index contributed by atoms with van der Waals surface area (Å²) in [6, 6.07) is 0. The Morgan fingerprint density at radius 2 is 2.33 bits per heavy atom. The van der Waals surface area contributed by atoms with Gasteiger partial charge in [-0.3, -0.25) is 0 Å². The quantitative estimate of drug-likeness (QED) is 0.810. The Morgan fingerprint density at radius 1 is 1.60 bits per heavy atom. The molecule has 1 N–H and O–H groups in total. The number of nitrogens with one attached hydrogen (secondary N) is 1. The minimum absolute atomic E-state index is 0.622. The maximum Gasteiger partial charge on any atom is 0.203 e. The van der Waals surface area contributed by atoms with Gasteiger partial charge in [-0.2, -0.15) is 11.8 Å². The van der Waals surface area contributed by atoms with E-state index in [1.54, 1.807) is 0 Å². The summed E-state index contributed by atoms with van der Waals surface area (Å²) in [5.74, 6) is 1.01. The smallest absolute Gasteiger partial charge is 0.203 e. The first-order valence-corrected chi connectivity index (χ1v) is 6.76. The summed E-state index contributed by atoms with van der Waals surface area (Å²) in [6.07, 6.45) is 5.38. The maximum absolute atomic E-state index is 4.48. The van der Waals surface area contributed by atoms with Crippen molar-refractivity contribution in [3.05, 3.63) is 11.9 Å². The highest BCUT2D eigenvalue weighted by molar-refractivity contribution is 7.99. The number of anilines is 1. The average molecular weight is 227 g/mol. The molecule has 0 saturated carbocycles. The van der Waals surface area contributed by atoms with Gasteiger partial charge in [0, 0.05) is 24.5 Å². The summed E-state index contributed by atoms with van der Waals surface area (Å²) in [7, 11) is 0. The van der Waals surface area contributed by atoms with E-state index in [9.17, 15) is 0 Å². The lowest BCUT2D eigenvalue weighted by Gasteiger charge is -2.11. The summed E-state index contributed by atoms with van der Waals surface area (Å²) in [6.45, 7) is 8.45. The fourth-order valence-electron chi connectivity index (χ4n) is 1.42. The highest BCUT2D eigenvalue weighted by Crippen LogP contribution is 2.11. The number of hydrogen-bond donors (Lipinski definition) is 1. The molecule has 1 aromatic heterocycles. The molecule has 86 valence electrons. The van der Waals surface area contributed by atoms with Gasteiger partial charge in [-0.15, -0.1) is 0 Å². The van der Waals surface area contributed by atoms with E-state index in [0.717, 1.165) is 31.2 Å². The molecule has 0 bridgehead atoms. The molecule has 0 aliphatic carbocycles. The van der Waals surface area contributed by atoms with Crippen molar-refractivity contribution in [1.29, 1.82) is 0 Å². The van der Waals surface area contributed by atoms with Crippen molar-refractivity contribution in [3.63, 3.8) is 0 Å². The van der Waals surface area contributed by atoms with Gasteiger partial charge in [-0.05, 0) is 19.6 Å². The van der Waals surface area contributed by atoms with Gasteiger partial charge < -0.3 is 9.88 Å². The van der Waals surface area contributed by atoms with Gasteiger partial charge in [0.2, 0.25) is 5.95 Å². The molecule has 3 nitrogen and oxygen atoms in total. The number of nitrogens with zero attached hydrogens (tertiary/aromatic N) is 2. The molecule has 15 heavy (non-hydrogen) atoms. The fraction of sp³-hybridized carbons (Fsp3) is 0.727. The number of aryl methyl sites for hydroxylation is 2. The first-order valence-electron chi connectivity index (χ1n) is 5.47. The molecule has 0 spiro atoms. The van der Waals surface area contributed by atoms with Gasteiger partial charge in [0.05, 0.1) is 5.69 Å². The Bertz CT molecular complexity index is 296. The van der Waals surface area contributed by atoms with Gasteiger partial charge in [0.1, 0.15) is 0 Å². The third kappa shape index (κ3) is 3.78. The second-order valence-electron chi connectivity index (χ2n) is 3.83. The van der Waals surface area contributed by atoms with Crippen LogP contribution in [0.2, 0.25) is 0 Å². The monoisotopic (exact) mass is 227 g/mol. The van der Waals surface area contributed by atoms with Crippen LogP contribution in [-0.4, -0.2) is 27.6 Å². The Morgan fingerprint density at radius 3 is 2.93 bits per heavy atom. The highest BCUT2D eigenvalue weighted by atomic mass is 32.2. The van der Waals surface area contributed by atoms with Crippen LogP contribution in [0.4, 0.5) is 5.95 Å². The highest BCUT2D eigenvalue weighted by Gasteiger charge is 2.05. The van der Waals surface area contributed by atoms with E-state index in [2.05, 4.69) is 41.2 Å². The summed E-state index contributed by atoms with van der Waals surface area (Å²) in [4.78, 5) is 4.48. The van der Waals surface area contributed by atoms with Crippen molar-refractivity contribution in [3.8, 4) is 0 Å². The van der Waals surface area contributed by atoms with Crippen molar-refractivity contribution in [2.75, 3.05) is 18.1 Å². The van der Waals surface area contributed by atoms with Gasteiger partial charge in [0.25, 0.3) is 0 Å². The summed E-state index contributed by atoms with van der Waals surface area (Å²) in [5, 5.41) is 4.02. The second kappa shape index (κ2) is 6.05. The molecule has 1 aromatic rings. The van der Waals surface area contributed by atoms with Crippen molar-refractivity contribution < 1.29 is 0 Å². The average Bonchev–Trinajstić information content (AvgIpc) is 2.56. The summed E-state index contributed by atoms with van der Waals surface area (Å²) >= 11 is 1.87. The van der Waals surface area contributed by atoms with Crippen LogP contribution in [0.25, 0.3) is 0 Å². The van der Waals surface area contributed by atoms with Crippen molar-refractivity contribution in [2.24, 2.45) is 0 Å². The Hall–Kier alpha value is -0.640. The molecular formula is C11H21N3S. The number of hydrogen-bond acceptors (Lipinski definition) is 3. The molecule has 1 unspecified atom stereocenters. The number of imidazole rings is 1. The molecule has 0 amide bonds. The molecule has 1 heterocycles. The molecule has 4 heteroatoms. The first kappa shape index (κ1) is 12.4. The normalized spacial score (nSPS) is 12.8. The Kier molecular flexibility index (Phi) is 5.02. The van der Waals surface area contributed by atoms with Crippen LogP contribution in [0.5, 0.6) is 0 Å². The second-order valence-corrected chi connectivity index (χ2v) is 5.10. The standard InChI is InChI=1S/C11H21N3S/c1-5-6-14-8-9(2)13-11(14)12-7-10(3)15-4/h8,10H,5-7H2,1-4H3,(H,12,13). The lowest BCUT2D eigenvalue weighted by atomic mass is 10.4. The zero-order chi connectivity index (χ0) is 11.3. The van der Waals surface area contributed by atoms with Gasteiger partial charge in [0.15, 0.2) is 0 Å². The van der Waals surface area contributed by atoms with Crippen LogP contribution < -0.4 is 5.32 Å². The summed E-state index contributed by atoms with van der Waals surface area (Å²) in [5.41, 5.74) is 1.09. The van der Waals surface area contributed by atoms with E-state index < -0.39 is 0 Å². The molecule has 0 aliphatic heterocycles. The topological polar surface area (TPSA) is 29.9 Å². The van der Waals surface area contributed by atoms with E-state index >= 15 is 0 Å². The minimum atomic E-state index is 0.622. The van der Waals surface area contributed by atoms with Crippen molar-refractivity contribution in [2.45, 2.75) is 39.0 Å². The van der Waals surface area contributed by atoms with Crippen LogP contribution in [0.1, 0.15) is 26.0 Å². The van der Waals surface area contributed by atoms with E-state index in [1.165, 1.54) is 0 Å². The van der Waals surface area contributed by atoms with E-state index in [4.69, 9.17) is 0 Å². The largest absolute Gasteiger partial charge is 0.355 e. The molecule has 0 fully saturated rings. The van der Waals surface area contributed by atoms with Crippen LogP contribution in [0.3, 0.4) is 0 Å². The molecule has 0 saturated heterocycles. The zero-order valence-corrected chi connectivity index (χ0v) is 10.9. The fourth-order valence-corrected chi connectivity index (χ4v) is 1.67. The maximum atomic E-state index is 4.48. The Labute approximate surface area is 96.7 Å². The van der Waals surface area contributed by atoms with E-state index in [0.29, 0.717) is 5.25 Å². The van der Waals surface area contributed by atoms with Crippen molar-refractivity contribution in [1.82, 2.24) is 9.55 Å². The zero-order valence-electron chi connectivity index (χ0n) is 10.1. The van der Waals surface area contributed by atoms with Crippen LogP contribution in [-0.2, 0) is 6.54 Å². The number of thioether (sulfide) groups is 1. The van der Waals surface area contributed by atoms with Gasteiger partial charge >= 0.3 is 0 Å². The Balaban J connectivity index is 2.58. The van der Waals surface area contributed by atoms with Crippen LogP contribution >= 0.6 is 11.8 Å². The molecule has 1 atom stereocenters. The lowest BCUT2D eigenvalue weighted by molar-refractivity contribution is 0.681. The van der Waals surface area contributed by atoms with Crippen LogP contribution in [0.15, 0.2) is 6.20 Å². The minimum Gasteiger partial charge on any atom is -0.355 e. The van der Waals surface area contributed by atoms with Crippen molar-refractivity contribution >= 4 is 17.7 Å². The third-order valence-electron chi connectivity index (χ3n) is 2.31. The predicted molar refractivity (Wildman–Crippen MR) is 68.7 cm³/mol. The molecule has 0 aromatic carbocycles. The SMILES string of the molecule is CCCn1cc(C)nc1NCC(C)SC. The molecule has 1 rings (SSSR count). The molecular weight excluding hydrogens is 206 g/mol. The van der Waals surface area contributed by atoms with E-state index in [-0.39, 0.29) is 0 Å². The summed E-state index contributed by atoms with van der Waals surface area (Å²) < 4.78 is 2.20. The van der Waals surface area contributed by atoms with Gasteiger partial charge in [-0.1, -0.05) is 13.8 Å². The third-order valence-corrected chi connectivity index (χ3v) is 3.28. The molecule has 0 aliphatic rings. The molecule has 0 radical (unpaired) electrons. The predicted octanol–water partition coefficient (Wildman–Crippen LogP) is 2.76. The van der Waals surface area contributed by atoms with E-state index in [1.807, 2.05) is 18.7 Å². The number of rotatable bonds is 6. The first-order chi connectivity index (χ1) is 7.17. The lowest BCUT2D eigenvalue weighted by Crippen LogP contribution is -2.15. The number of aromatic nitrogens is 2. The van der Waals surface area contributed by atoms with Gasteiger partial charge in [-0.25, -0.2) is 4.98 Å².